The molecule has 0 saturated carbocycles. The van der Waals surface area contributed by atoms with Crippen molar-refractivity contribution in [3.05, 3.63) is 54.1 Å². The first-order valence-electron chi connectivity index (χ1n) is 6.97. The largest absolute Gasteiger partial charge is 0.497 e. The normalized spacial score (nSPS) is 12.1. The maximum absolute atomic E-state index is 5.84. The Labute approximate surface area is 135 Å². The molecule has 7 heteroatoms. The summed E-state index contributed by atoms with van der Waals surface area (Å²) in [6.07, 6.45) is 0. The molecular weight excluding hydrogens is 310 g/mol. The van der Waals surface area contributed by atoms with Crippen molar-refractivity contribution in [2.24, 2.45) is 4.99 Å². The molecule has 0 atom stereocenters. The quantitative estimate of drug-likeness (QED) is 0.615. The minimum atomic E-state index is 0.207. The molecule has 0 spiro atoms. The lowest BCUT2D eigenvalue weighted by atomic mass is 10.3. The van der Waals surface area contributed by atoms with Crippen LogP contribution < -0.4 is 16.1 Å². The number of nitrogen functional groups attached to an aromatic ring is 1. The fourth-order valence-electron chi connectivity index (χ4n) is 2.37. The Morgan fingerprint density at radius 2 is 1.96 bits per heavy atom. The molecule has 6 nitrogen and oxygen atoms in total. The Bertz CT molecular complexity index is 1070. The molecule has 2 aromatic carbocycles. The molecule has 23 heavy (non-hydrogen) atoms. The molecule has 2 heterocycles. The van der Waals surface area contributed by atoms with Gasteiger partial charge in [0.1, 0.15) is 5.75 Å². The van der Waals surface area contributed by atoms with E-state index in [-0.39, 0.29) is 5.95 Å². The fraction of sp³-hybridized carbons (Fsp3) is 0.0625. The Kier molecular flexibility index (Phi) is 3.20. The zero-order valence-corrected chi connectivity index (χ0v) is 13.1. The summed E-state index contributed by atoms with van der Waals surface area (Å²) in [4.78, 5) is 14.0. The topological polar surface area (TPSA) is 77.8 Å². The summed E-state index contributed by atoms with van der Waals surface area (Å²) in [5.74, 6) is 1.00. The summed E-state index contributed by atoms with van der Waals surface area (Å²) in [5, 5.41) is 0. The predicted molar refractivity (Wildman–Crippen MR) is 91.0 cm³/mol. The van der Waals surface area contributed by atoms with Gasteiger partial charge in [-0.1, -0.05) is 29.5 Å². The second kappa shape index (κ2) is 5.36. The van der Waals surface area contributed by atoms with E-state index in [9.17, 15) is 0 Å². The third kappa shape index (κ3) is 2.40. The predicted octanol–water partition coefficient (Wildman–Crippen LogP) is 2.77. The van der Waals surface area contributed by atoms with E-state index in [1.54, 1.807) is 7.11 Å². The second-order valence-corrected chi connectivity index (χ2v) is 5.89. The van der Waals surface area contributed by atoms with Crippen molar-refractivity contribution >= 4 is 38.2 Å². The molecule has 0 saturated heterocycles. The number of aromatic nitrogens is 3. The molecule has 0 radical (unpaired) electrons. The van der Waals surface area contributed by atoms with Gasteiger partial charge in [0.05, 0.1) is 23.0 Å². The minimum absolute atomic E-state index is 0.207. The first-order valence-corrected chi connectivity index (χ1v) is 7.79. The summed E-state index contributed by atoms with van der Waals surface area (Å²) < 4.78 is 8.22. The number of nitrogens with zero attached hydrogens (tertiary/aromatic N) is 4. The van der Waals surface area contributed by atoms with E-state index in [0.29, 0.717) is 5.62 Å². The van der Waals surface area contributed by atoms with Crippen LogP contribution in [0.5, 0.6) is 5.75 Å². The van der Waals surface area contributed by atoms with E-state index in [1.165, 1.54) is 11.3 Å². The standard InChI is InChI=1S/C16H13N5OS/c1-22-11-7-8-12-13(9-11)23-16-20-14(17)19-15(21(12)16)18-10-5-3-2-4-6-10/h2-9H,1H3,(H2,17,18,19). The van der Waals surface area contributed by atoms with Crippen molar-refractivity contribution in [1.29, 1.82) is 0 Å². The van der Waals surface area contributed by atoms with Crippen molar-refractivity contribution in [2.75, 3.05) is 12.8 Å². The van der Waals surface area contributed by atoms with Crippen LogP contribution in [0, 0.1) is 0 Å². The van der Waals surface area contributed by atoms with E-state index < -0.39 is 0 Å². The highest BCUT2D eigenvalue weighted by Gasteiger charge is 2.09. The Hall–Kier alpha value is -2.93. The van der Waals surface area contributed by atoms with E-state index >= 15 is 0 Å². The van der Waals surface area contributed by atoms with Crippen molar-refractivity contribution < 1.29 is 4.74 Å². The summed E-state index contributed by atoms with van der Waals surface area (Å²) in [6, 6.07) is 15.5. The van der Waals surface area contributed by atoms with Crippen LogP contribution in [0.1, 0.15) is 0 Å². The molecular formula is C16H13N5OS. The van der Waals surface area contributed by atoms with E-state index in [0.717, 1.165) is 26.6 Å². The smallest absolute Gasteiger partial charge is 0.240 e. The number of methoxy groups -OCH3 is 1. The molecule has 114 valence electrons. The highest BCUT2D eigenvalue weighted by Crippen LogP contribution is 2.27. The van der Waals surface area contributed by atoms with Crippen LogP contribution in [0.15, 0.2) is 53.5 Å². The SMILES string of the molecule is COc1ccc2c(c1)sc1nc(N)n/c(=N\c3ccccc3)n12. The number of ether oxygens (including phenoxy) is 1. The van der Waals surface area contributed by atoms with Gasteiger partial charge in [0, 0.05) is 0 Å². The molecule has 2 N–H and O–H groups in total. The summed E-state index contributed by atoms with van der Waals surface area (Å²) in [7, 11) is 1.65. The molecule has 0 aliphatic rings. The number of fused-ring (bicyclic) bond motifs is 3. The van der Waals surface area contributed by atoms with Gasteiger partial charge < -0.3 is 10.5 Å². The van der Waals surface area contributed by atoms with Gasteiger partial charge in [-0.05, 0) is 30.3 Å². The van der Waals surface area contributed by atoms with Crippen LogP contribution in [-0.4, -0.2) is 21.5 Å². The molecule has 0 bridgehead atoms. The summed E-state index contributed by atoms with van der Waals surface area (Å²) in [5.41, 5.74) is 8.14. The highest BCUT2D eigenvalue weighted by atomic mass is 32.1. The van der Waals surface area contributed by atoms with E-state index in [2.05, 4.69) is 15.0 Å². The van der Waals surface area contributed by atoms with Crippen LogP contribution >= 0.6 is 11.3 Å². The zero-order valence-electron chi connectivity index (χ0n) is 12.3. The number of hydrogen-bond donors (Lipinski definition) is 1. The van der Waals surface area contributed by atoms with Gasteiger partial charge in [0.25, 0.3) is 0 Å². The van der Waals surface area contributed by atoms with Crippen LogP contribution in [0.4, 0.5) is 11.6 Å². The Morgan fingerprint density at radius 1 is 1.13 bits per heavy atom. The van der Waals surface area contributed by atoms with Crippen LogP contribution in [-0.2, 0) is 0 Å². The monoisotopic (exact) mass is 323 g/mol. The number of rotatable bonds is 2. The van der Waals surface area contributed by atoms with E-state index in [4.69, 9.17) is 10.5 Å². The van der Waals surface area contributed by atoms with Gasteiger partial charge in [-0.15, -0.1) is 0 Å². The van der Waals surface area contributed by atoms with Crippen molar-refractivity contribution in [1.82, 2.24) is 14.4 Å². The maximum Gasteiger partial charge on any atom is 0.240 e. The lowest BCUT2D eigenvalue weighted by Crippen LogP contribution is -2.20. The number of para-hydroxylation sites is 1. The zero-order chi connectivity index (χ0) is 15.8. The van der Waals surface area contributed by atoms with Gasteiger partial charge >= 0.3 is 0 Å². The number of thiazole rings is 1. The van der Waals surface area contributed by atoms with Crippen molar-refractivity contribution in [3.63, 3.8) is 0 Å². The summed E-state index contributed by atoms with van der Waals surface area (Å²) >= 11 is 1.52. The maximum atomic E-state index is 5.84. The Balaban J connectivity index is 2.09. The number of nitrogens with two attached hydrogens (primary N) is 1. The molecule has 0 unspecified atom stereocenters. The fourth-order valence-corrected chi connectivity index (χ4v) is 3.42. The first kappa shape index (κ1) is 13.7. The average molecular weight is 323 g/mol. The van der Waals surface area contributed by atoms with Crippen molar-refractivity contribution in [2.45, 2.75) is 0 Å². The molecule has 0 aliphatic carbocycles. The van der Waals surface area contributed by atoms with Gasteiger partial charge in [-0.3, -0.25) is 4.40 Å². The van der Waals surface area contributed by atoms with Gasteiger partial charge in [-0.25, -0.2) is 4.99 Å². The number of benzene rings is 2. The third-order valence-electron chi connectivity index (χ3n) is 3.41. The molecule has 4 rings (SSSR count). The van der Waals surface area contributed by atoms with Crippen LogP contribution in [0.25, 0.3) is 15.2 Å². The molecule has 4 aromatic rings. The van der Waals surface area contributed by atoms with Crippen LogP contribution in [0.3, 0.4) is 0 Å². The average Bonchev–Trinajstić information content (AvgIpc) is 2.92. The Morgan fingerprint density at radius 3 is 2.74 bits per heavy atom. The number of anilines is 1. The van der Waals surface area contributed by atoms with Gasteiger partial charge in [-0.2, -0.15) is 9.97 Å². The lowest BCUT2D eigenvalue weighted by Gasteiger charge is -2.00. The van der Waals surface area contributed by atoms with E-state index in [1.807, 2.05) is 52.9 Å². The number of hydrogen-bond acceptors (Lipinski definition) is 6. The minimum Gasteiger partial charge on any atom is -0.497 e. The molecule has 2 aromatic heterocycles. The van der Waals surface area contributed by atoms with Gasteiger partial charge in [0.2, 0.25) is 16.5 Å². The lowest BCUT2D eigenvalue weighted by molar-refractivity contribution is 0.415. The van der Waals surface area contributed by atoms with Gasteiger partial charge in [0.15, 0.2) is 0 Å². The molecule has 0 aliphatic heterocycles. The summed E-state index contributed by atoms with van der Waals surface area (Å²) in [6.45, 7) is 0. The third-order valence-corrected chi connectivity index (χ3v) is 4.41. The van der Waals surface area contributed by atoms with Crippen molar-refractivity contribution in [3.8, 4) is 5.75 Å². The van der Waals surface area contributed by atoms with Crippen LogP contribution in [0.2, 0.25) is 0 Å². The highest BCUT2D eigenvalue weighted by molar-refractivity contribution is 7.23. The first-order chi connectivity index (χ1) is 11.2. The second-order valence-electron chi connectivity index (χ2n) is 4.88. The molecule has 0 amide bonds. The molecule has 0 fully saturated rings.